The molecule has 1 saturated heterocycles. The first-order valence-electron chi connectivity index (χ1n) is 8.28. The van der Waals surface area contributed by atoms with E-state index in [4.69, 9.17) is 0 Å². The molecule has 1 aromatic rings. The SMILES string of the molecule is CC(C)(C)N1CCCC(C(=O)NCCNc2ccccc2)C1. The van der Waals surface area contributed by atoms with Crippen LogP contribution in [0.5, 0.6) is 0 Å². The summed E-state index contributed by atoms with van der Waals surface area (Å²) in [6.07, 6.45) is 2.11. The van der Waals surface area contributed by atoms with Gasteiger partial charge in [-0.1, -0.05) is 18.2 Å². The third-order valence-electron chi connectivity index (χ3n) is 4.27. The molecule has 22 heavy (non-hydrogen) atoms. The molecular weight excluding hydrogens is 274 g/mol. The van der Waals surface area contributed by atoms with Crippen LogP contribution in [0.3, 0.4) is 0 Å². The number of likely N-dealkylation sites (tertiary alicyclic amines) is 1. The Balaban J connectivity index is 1.71. The highest BCUT2D eigenvalue weighted by molar-refractivity contribution is 5.79. The Labute approximate surface area is 134 Å². The summed E-state index contributed by atoms with van der Waals surface area (Å²) in [6.45, 7) is 10.1. The number of carbonyl (C=O) groups is 1. The Hall–Kier alpha value is -1.55. The molecule has 0 spiro atoms. The zero-order chi connectivity index (χ0) is 16.0. The number of hydrogen-bond donors (Lipinski definition) is 2. The van der Waals surface area contributed by atoms with Crippen LogP contribution in [0.25, 0.3) is 0 Å². The van der Waals surface area contributed by atoms with Crippen LogP contribution in [0, 0.1) is 5.92 Å². The van der Waals surface area contributed by atoms with Crippen molar-refractivity contribution in [1.82, 2.24) is 10.2 Å². The van der Waals surface area contributed by atoms with Gasteiger partial charge in [0.25, 0.3) is 0 Å². The van der Waals surface area contributed by atoms with Crippen molar-refractivity contribution in [1.29, 1.82) is 0 Å². The summed E-state index contributed by atoms with van der Waals surface area (Å²) in [4.78, 5) is 14.7. The van der Waals surface area contributed by atoms with E-state index in [9.17, 15) is 4.79 Å². The number of hydrogen-bond acceptors (Lipinski definition) is 3. The van der Waals surface area contributed by atoms with E-state index in [2.05, 4.69) is 36.3 Å². The number of nitrogens with one attached hydrogen (secondary N) is 2. The van der Waals surface area contributed by atoms with E-state index < -0.39 is 0 Å². The Bertz CT molecular complexity index is 467. The summed E-state index contributed by atoms with van der Waals surface area (Å²) in [7, 11) is 0. The lowest BCUT2D eigenvalue weighted by molar-refractivity contribution is -0.127. The fraction of sp³-hybridized carbons (Fsp3) is 0.611. The number of piperidine rings is 1. The van der Waals surface area contributed by atoms with Crippen LogP contribution in [-0.4, -0.2) is 42.5 Å². The van der Waals surface area contributed by atoms with E-state index in [0.717, 1.165) is 38.2 Å². The molecule has 2 rings (SSSR count). The van der Waals surface area contributed by atoms with Gasteiger partial charge in [0, 0.05) is 30.9 Å². The largest absolute Gasteiger partial charge is 0.383 e. The van der Waals surface area contributed by atoms with Crippen molar-refractivity contribution in [2.75, 3.05) is 31.5 Å². The highest BCUT2D eigenvalue weighted by Crippen LogP contribution is 2.23. The first-order chi connectivity index (χ1) is 10.5. The van der Waals surface area contributed by atoms with Crippen LogP contribution < -0.4 is 10.6 Å². The molecule has 122 valence electrons. The predicted molar refractivity (Wildman–Crippen MR) is 92.0 cm³/mol. The van der Waals surface area contributed by atoms with Crippen LogP contribution in [0.15, 0.2) is 30.3 Å². The highest BCUT2D eigenvalue weighted by atomic mass is 16.1. The van der Waals surface area contributed by atoms with E-state index in [0.29, 0.717) is 6.54 Å². The average molecular weight is 303 g/mol. The van der Waals surface area contributed by atoms with Gasteiger partial charge < -0.3 is 10.6 Å². The van der Waals surface area contributed by atoms with Gasteiger partial charge >= 0.3 is 0 Å². The molecule has 0 aliphatic carbocycles. The molecule has 1 fully saturated rings. The highest BCUT2D eigenvalue weighted by Gasteiger charge is 2.30. The molecule has 1 amide bonds. The van der Waals surface area contributed by atoms with Gasteiger partial charge in [-0.05, 0) is 52.3 Å². The minimum absolute atomic E-state index is 0.129. The average Bonchev–Trinajstić information content (AvgIpc) is 2.52. The second-order valence-corrected chi connectivity index (χ2v) is 7.04. The van der Waals surface area contributed by atoms with E-state index in [1.54, 1.807) is 0 Å². The second-order valence-electron chi connectivity index (χ2n) is 7.04. The summed E-state index contributed by atoms with van der Waals surface area (Å²) in [5.41, 5.74) is 1.24. The number of nitrogens with zero attached hydrogens (tertiary/aromatic N) is 1. The molecule has 1 atom stereocenters. The molecule has 4 nitrogen and oxygen atoms in total. The van der Waals surface area contributed by atoms with Gasteiger partial charge in [-0.3, -0.25) is 9.69 Å². The van der Waals surface area contributed by atoms with Crippen LogP contribution in [-0.2, 0) is 4.79 Å². The molecule has 1 aromatic carbocycles. The fourth-order valence-electron chi connectivity index (χ4n) is 2.89. The molecule has 4 heteroatoms. The van der Waals surface area contributed by atoms with Crippen molar-refractivity contribution in [2.45, 2.75) is 39.2 Å². The molecule has 0 aromatic heterocycles. The normalized spacial score (nSPS) is 19.7. The molecule has 0 bridgehead atoms. The van der Waals surface area contributed by atoms with Crippen molar-refractivity contribution in [2.24, 2.45) is 5.92 Å². The van der Waals surface area contributed by atoms with Crippen molar-refractivity contribution in [3.63, 3.8) is 0 Å². The molecule has 0 radical (unpaired) electrons. The van der Waals surface area contributed by atoms with Crippen LogP contribution in [0.2, 0.25) is 0 Å². The first-order valence-corrected chi connectivity index (χ1v) is 8.28. The van der Waals surface area contributed by atoms with Gasteiger partial charge in [0.1, 0.15) is 0 Å². The number of carbonyl (C=O) groups excluding carboxylic acids is 1. The number of amides is 1. The maximum atomic E-state index is 12.3. The number of para-hydroxylation sites is 1. The fourth-order valence-corrected chi connectivity index (χ4v) is 2.89. The van der Waals surface area contributed by atoms with Crippen molar-refractivity contribution in [3.8, 4) is 0 Å². The third kappa shape index (κ3) is 5.02. The van der Waals surface area contributed by atoms with E-state index >= 15 is 0 Å². The Morgan fingerprint density at radius 2 is 1.95 bits per heavy atom. The molecule has 1 heterocycles. The molecule has 1 aliphatic rings. The Morgan fingerprint density at radius 3 is 2.64 bits per heavy atom. The maximum Gasteiger partial charge on any atom is 0.224 e. The number of benzene rings is 1. The van der Waals surface area contributed by atoms with Crippen LogP contribution in [0.4, 0.5) is 5.69 Å². The van der Waals surface area contributed by atoms with Gasteiger partial charge in [-0.2, -0.15) is 0 Å². The minimum Gasteiger partial charge on any atom is -0.383 e. The lowest BCUT2D eigenvalue weighted by Crippen LogP contribution is -2.50. The van der Waals surface area contributed by atoms with Crippen molar-refractivity contribution in [3.05, 3.63) is 30.3 Å². The summed E-state index contributed by atoms with van der Waals surface area (Å²) in [6, 6.07) is 10.1. The van der Waals surface area contributed by atoms with Gasteiger partial charge in [0.05, 0.1) is 5.92 Å². The monoisotopic (exact) mass is 303 g/mol. The summed E-state index contributed by atoms with van der Waals surface area (Å²) >= 11 is 0. The minimum atomic E-state index is 0.129. The molecule has 2 N–H and O–H groups in total. The smallest absolute Gasteiger partial charge is 0.224 e. The lowest BCUT2D eigenvalue weighted by atomic mass is 9.93. The first kappa shape index (κ1) is 16.8. The number of rotatable bonds is 5. The quantitative estimate of drug-likeness (QED) is 0.822. The summed E-state index contributed by atoms with van der Waals surface area (Å²) < 4.78 is 0. The van der Waals surface area contributed by atoms with E-state index in [-0.39, 0.29) is 17.4 Å². The third-order valence-corrected chi connectivity index (χ3v) is 4.27. The van der Waals surface area contributed by atoms with Gasteiger partial charge in [0.2, 0.25) is 5.91 Å². The second kappa shape index (κ2) is 7.63. The molecule has 1 aliphatic heterocycles. The van der Waals surface area contributed by atoms with E-state index in [1.165, 1.54) is 0 Å². The van der Waals surface area contributed by atoms with Crippen molar-refractivity contribution < 1.29 is 4.79 Å². The van der Waals surface area contributed by atoms with Crippen molar-refractivity contribution >= 4 is 11.6 Å². The van der Waals surface area contributed by atoms with Gasteiger partial charge in [-0.15, -0.1) is 0 Å². The molecule has 1 unspecified atom stereocenters. The lowest BCUT2D eigenvalue weighted by Gasteiger charge is -2.41. The Kier molecular flexibility index (Phi) is 5.83. The number of anilines is 1. The predicted octanol–water partition coefficient (Wildman–Crippen LogP) is 2.73. The van der Waals surface area contributed by atoms with Crippen LogP contribution in [0.1, 0.15) is 33.6 Å². The Morgan fingerprint density at radius 1 is 1.23 bits per heavy atom. The summed E-state index contributed by atoms with van der Waals surface area (Å²) in [5.74, 6) is 0.327. The van der Waals surface area contributed by atoms with Crippen LogP contribution >= 0.6 is 0 Å². The zero-order valence-corrected chi connectivity index (χ0v) is 14.1. The standard InChI is InChI=1S/C18H29N3O/c1-18(2,3)21-13-7-8-15(14-21)17(22)20-12-11-19-16-9-5-4-6-10-16/h4-6,9-10,15,19H,7-8,11-14H2,1-3H3,(H,20,22). The molecular formula is C18H29N3O. The van der Waals surface area contributed by atoms with Gasteiger partial charge in [0.15, 0.2) is 0 Å². The van der Waals surface area contributed by atoms with E-state index in [1.807, 2.05) is 30.3 Å². The topological polar surface area (TPSA) is 44.4 Å². The summed E-state index contributed by atoms with van der Waals surface area (Å²) in [5, 5.41) is 6.38. The maximum absolute atomic E-state index is 12.3. The van der Waals surface area contributed by atoms with Gasteiger partial charge in [-0.25, -0.2) is 0 Å². The zero-order valence-electron chi connectivity index (χ0n) is 14.1. The molecule has 0 saturated carbocycles.